The molecule has 0 amide bonds. The summed E-state index contributed by atoms with van der Waals surface area (Å²) >= 11 is 0. The summed E-state index contributed by atoms with van der Waals surface area (Å²) in [4.78, 5) is 0. The predicted octanol–water partition coefficient (Wildman–Crippen LogP) is 1.88. The van der Waals surface area contributed by atoms with Gasteiger partial charge in [-0.25, -0.2) is 0 Å². The third kappa shape index (κ3) is 3.55. The quantitative estimate of drug-likeness (QED) is 0.837. The van der Waals surface area contributed by atoms with Crippen LogP contribution >= 0.6 is 0 Å². The number of ether oxygens (including phenoxy) is 1. The molecular weight excluding hydrogens is 226 g/mol. The van der Waals surface area contributed by atoms with Gasteiger partial charge in [0, 0.05) is 39.1 Å². The molecule has 1 aliphatic rings. The molecule has 0 atom stereocenters. The van der Waals surface area contributed by atoms with Crippen LogP contribution in [0.25, 0.3) is 0 Å². The van der Waals surface area contributed by atoms with E-state index in [1.165, 1.54) is 11.1 Å². The molecule has 0 unspecified atom stereocenters. The van der Waals surface area contributed by atoms with Crippen molar-refractivity contribution in [3.63, 3.8) is 0 Å². The molecule has 3 heteroatoms. The smallest absolute Gasteiger partial charge is 0.0815 e. The summed E-state index contributed by atoms with van der Waals surface area (Å²) in [5.41, 5.74) is 2.12. The zero-order valence-corrected chi connectivity index (χ0v) is 11.1. The van der Waals surface area contributed by atoms with Gasteiger partial charge in [0.05, 0.1) is 5.60 Å². The summed E-state index contributed by atoms with van der Waals surface area (Å²) in [5.74, 6) is 0. The summed E-state index contributed by atoms with van der Waals surface area (Å²) in [5, 5.41) is 13.7. The molecule has 1 aromatic rings. The lowest BCUT2D eigenvalue weighted by molar-refractivity contribution is -0.0617. The minimum atomic E-state index is -0.584. The van der Waals surface area contributed by atoms with Crippen molar-refractivity contribution in [2.75, 3.05) is 19.8 Å². The third-order valence-electron chi connectivity index (χ3n) is 3.69. The molecule has 1 saturated heterocycles. The maximum absolute atomic E-state index is 10.3. The number of aryl methyl sites for hydroxylation is 1. The molecule has 100 valence electrons. The van der Waals surface area contributed by atoms with Gasteiger partial charge >= 0.3 is 0 Å². The Hall–Kier alpha value is -0.900. The van der Waals surface area contributed by atoms with Crippen LogP contribution in [0.15, 0.2) is 24.3 Å². The van der Waals surface area contributed by atoms with Crippen LogP contribution in [0.3, 0.4) is 0 Å². The van der Waals surface area contributed by atoms with Gasteiger partial charge in [-0.15, -0.1) is 0 Å². The first-order chi connectivity index (χ1) is 8.73. The first-order valence-electron chi connectivity index (χ1n) is 6.81. The Morgan fingerprint density at radius 2 is 1.89 bits per heavy atom. The lowest BCUT2D eigenvalue weighted by Gasteiger charge is -2.32. The van der Waals surface area contributed by atoms with E-state index in [9.17, 15) is 5.11 Å². The Labute approximate surface area is 109 Å². The van der Waals surface area contributed by atoms with Gasteiger partial charge in [-0.2, -0.15) is 0 Å². The largest absolute Gasteiger partial charge is 0.388 e. The minimum Gasteiger partial charge on any atom is -0.388 e. The van der Waals surface area contributed by atoms with E-state index in [0.29, 0.717) is 19.8 Å². The highest BCUT2D eigenvalue weighted by Crippen LogP contribution is 2.19. The summed E-state index contributed by atoms with van der Waals surface area (Å²) < 4.78 is 5.28. The van der Waals surface area contributed by atoms with Gasteiger partial charge in [0.25, 0.3) is 0 Å². The monoisotopic (exact) mass is 249 g/mol. The molecule has 2 N–H and O–H groups in total. The van der Waals surface area contributed by atoms with Crippen LogP contribution in [0.4, 0.5) is 0 Å². The predicted molar refractivity (Wildman–Crippen MR) is 72.5 cm³/mol. The molecule has 1 aromatic carbocycles. The van der Waals surface area contributed by atoms with Crippen molar-refractivity contribution in [1.29, 1.82) is 0 Å². The van der Waals surface area contributed by atoms with E-state index in [-0.39, 0.29) is 0 Å². The Morgan fingerprint density at radius 3 is 2.56 bits per heavy atom. The molecule has 2 rings (SSSR count). The Bertz CT molecular complexity index is 373. The molecule has 1 heterocycles. The van der Waals surface area contributed by atoms with Crippen LogP contribution in [0.2, 0.25) is 0 Å². The fourth-order valence-electron chi connectivity index (χ4n) is 2.43. The molecule has 0 aliphatic carbocycles. The van der Waals surface area contributed by atoms with Crippen LogP contribution in [0.1, 0.15) is 30.9 Å². The molecule has 0 aromatic heterocycles. The Balaban J connectivity index is 1.84. The first-order valence-corrected chi connectivity index (χ1v) is 6.81. The van der Waals surface area contributed by atoms with Gasteiger partial charge in [-0.05, 0) is 17.5 Å². The van der Waals surface area contributed by atoms with E-state index in [4.69, 9.17) is 4.74 Å². The van der Waals surface area contributed by atoms with Crippen molar-refractivity contribution in [1.82, 2.24) is 5.32 Å². The van der Waals surface area contributed by atoms with Crippen molar-refractivity contribution in [3.8, 4) is 0 Å². The molecule has 18 heavy (non-hydrogen) atoms. The second kappa shape index (κ2) is 6.32. The molecule has 3 nitrogen and oxygen atoms in total. The van der Waals surface area contributed by atoms with E-state index in [1.807, 2.05) is 0 Å². The molecule has 1 aliphatic heterocycles. The first kappa shape index (κ1) is 13.5. The standard InChI is InChI=1S/C15H23NO2/c1-2-13-5-3-4-6-14(13)11-16-12-15(17)7-9-18-10-8-15/h3-6,16-17H,2,7-12H2,1H3. The van der Waals surface area contributed by atoms with Crippen LogP contribution in [0.5, 0.6) is 0 Å². The molecule has 0 spiro atoms. The zero-order valence-electron chi connectivity index (χ0n) is 11.1. The average Bonchev–Trinajstić information content (AvgIpc) is 2.40. The summed E-state index contributed by atoms with van der Waals surface area (Å²) in [6.07, 6.45) is 2.51. The van der Waals surface area contributed by atoms with Gasteiger partial charge in [0.2, 0.25) is 0 Å². The number of aliphatic hydroxyl groups is 1. The van der Waals surface area contributed by atoms with Crippen molar-refractivity contribution in [3.05, 3.63) is 35.4 Å². The Kier molecular flexibility index (Phi) is 4.75. The van der Waals surface area contributed by atoms with E-state index in [1.54, 1.807) is 0 Å². The number of nitrogens with one attached hydrogen (secondary N) is 1. The fraction of sp³-hybridized carbons (Fsp3) is 0.600. The summed E-state index contributed by atoms with van der Waals surface area (Å²) in [6, 6.07) is 8.47. The number of rotatable bonds is 5. The van der Waals surface area contributed by atoms with Crippen molar-refractivity contribution >= 4 is 0 Å². The van der Waals surface area contributed by atoms with Crippen molar-refractivity contribution in [2.24, 2.45) is 0 Å². The lowest BCUT2D eigenvalue weighted by Crippen LogP contribution is -2.44. The Morgan fingerprint density at radius 1 is 1.22 bits per heavy atom. The molecule has 0 bridgehead atoms. The van der Waals surface area contributed by atoms with E-state index >= 15 is 0 Å². The second-order valence-corrected chi connectivity index (χ2v) is 5.06. The number of benzene rings is 1. The number of hydrogen-bond donors (Lipinski definition) is 2. The van der Waals surface area contributed by atoms with Gasteiger partial charge in [-0.1, -0.05) is 31.2 Å². The van der Waals surface area contributed by atoms with Crippen LogP contribution in [0, 0.1) is 0 Å². The summed E-state index contributed by atoms with van der Waals surface area (Å²) in [7, 11) is 0. The second-order valence-electron chi connectivity index (χ2n) is 5.06. The highest BCUT2D eigenvalue weighted by molar-refractivity contribution is 5.26. The highest BCUT2D eigenvalue weighted by Gasteiger charge is 2.29. The highest BCUT2D eigenvalue weighted by atomic mass is 16.5. The third-order valence-corrected chi connectivity index (χ3v) is 3.69. The maximum atomic E-state index is 10.3. The van der Waals surface area contributed by atoms with Crippen molar-refractivity contribution in [2.45, 2.75) is 38.3 Å². The van der Waals surface area contributed by atoms with Crippen LogP contribution < -0.4 is 5.32 Å². The van der Waals surface area contributed by atoms with Crippen LogP contribution in [-0.4, -0.2) is 30.5 Å². The van der Waals surface area contributed by atoms with E-state index in [0.717, 1.165) is 25.8 Å². The zero-order chi connectivity index (χ0) is 12.8. The molecule has 1 fully saturated rings. The van der Waals surface area contributed by atoms with Gasteiger partial charge in [0.15, 0.2) is 0 Å². The fourth-order valence-corrected chi connectivity index (χ4v) is 2.43. The minimum absolute atomic E-state index is 0.584. The molecule has 0 saturated carbocycles. The van der Waals surface area contributed by atoms with Crippen LogP contribution in [-0.2, 0) is 17.7 Å². The number of hydrogen-bond acceptors (Lipinski definition) is 3. The lowest BCUT2D eigenvalue weighted by atomic mass is 9.94. The van der Waals surface area contributed by atoms with Gasteiger partial charge < -0.3 is 15.2 Å². The van der Waals surface area contributed by atoms with Crippen molar-refractivity contribution < 1.29 is 9.84 Å². The average molecular weight is 249 g/mol. The van der Waals surface area contributed by atoms with E-state index in [2.05, 4.69) is 36.5 Å². The SMILES string of the molecule is CCc1ccccc1CNCC1(O)CCOCC1. The summed E-state index contributed by atoms with van der Waals surface area (Å²) in [6.45, 7) is 4.99. The topological polar surface area (TPSA) is 41.5 Å². The van der Waals surface area contributed by atoms with Gasteiger partial charge in [-0.3, -0.25) is 0 Å². The van der Waals surface area contributed by atoms with E-state index < -0.39 is 5.60 Å². The molecular formula is C15H23NO2. The maximum Gasteiger partial charge on any atom is 0.0815 e. The molecule has 0 radical (unpaired) electrons. The normalized spacial score (nSPS) is 18.8. The van der Waals surface area contributed by atoms with Gasteiger partial charge in [0.1, 0.15) is 0 Å².